The molecule has 2 aromatic rings. The Bertz CT molecular complexity index is 730. The maximum absolute atomic E-state index is 12.1. The third kappa shape index (κ3) is 6.51. The molecular weight excluding hydrogens is 344 g/mol. The van der Waals surface area contributed by atoms with Crippen LogP contribution in [0.5, 0.6) is 5.75 Å². The summed E-state index contributed by atoms with van der Waals surface area (Å²) < 4.78 is 28.4. The molecular formula is C19H19F2NO4. The van der Waals surface area contributed by atoms with Crippen LogP contribution in [0.2, 0.25) is 0 Å². The molecule has 0 spiro atoms. The molecule has 5 nitrogen and oxygen atoms in total. The molecule has 138 valence electrons. The summed E-state index contributed by atoms with van der Waals surface area (Å²) in [6.45, 7) is -2.40. The van der Waals surface area contributed by atoms with E-state index in [4.69, 9.17) is 5.11 Å². The van der Waals surface area contributed by atoms with Gasteiger partial charge in [0, 0.05) is 13.0 Å². The van der Waals surface area contributed by atoms with E-state index in [0.29, 0.717) is 19.4 Å². The number of ether oxygens (including phenoxy) is 1. The molecule has 2 N–H and O–H groups in total. The Balaban J connectivity index is 1.69. The van der Waals surface area contributed by atoms with Gasteiger partial charge in [-0.3, -0.25) is 4.79 Å². The number of hydrogen-bond donors (Lipinski definition) is 2. The van der Waals surface area contributed by atoms with Crippen molar-refractivity contribution in [2.75, 3.05) is 6.54 Å². The van der Waals surface area contributed by atoms with Gasteiger partial charge in [0.2, 0.25) is 5.91 Å². The van der Waals surface area contributed by atoms with E-state index in [2.05, 4.69) is 10.1 Å². The van der Waals surface area contributed by atoms with Crippen LogP contribution in [0.15, 0.2) is 48.5 Å². The Kier molecular flexibility index (Phi) is 7.08. The molecule has 0 saturated carbocycles. The second kappa shape index (κ2) is 9.50. The zero-order chi connectivity index (χ0) is 18.9. The molecule has 0 saturated heterocycles. The van der Waals surface area contributed by atoms with Crippen LogP contribution in [0, 0.1) is 0 Å². The second-order valence-electron chi connectivity index (χ2n) is 5.62. The van der Waals surface area contributed by atoms with E-state index in [9.17, 15) is 18.4 Å². The first-order valence-electron chi connectivity index (χ1n) is 8.07. The maximum atomic E-state index is 12.1. The zero-order valence-electron chi connectivity index (χ0n) is 14.0. The van der Waals surface area contributed by atoms with E-state index in [1.54, 1.807) is 24.3 Å². The molecule has 0 aliphatic heterocycles. The molecule has 0 fully saturated rings. The normalized spacial score (nSPS) is 10.6. The van der Waals surface area contributed by atoms with E-state index in [-0.39, 0.29) is 23.6 Å². The number of halogens is 2. The number of aryl methyl sites for hydroxylation is 1. The fourth-order valence-corrected chi connectivity index (χ4v) is 2.34. The molecule has 0 radical (unpaired) electrons. The molecule has 0 aliphatic rings. The highest BCUT2D eigenvalue weighted by molar-refractivity contribution is 5.87. The van der Waals surface area contributed by atoms with Gasteiger partial charge in [-0.1, -0.05) is 24.3 Å². The van der Waals surface area contributed by atoms with Crippen LogP contribution < -0.4 is 10.1 Å². The van der Waals surface area contributed by atoms with Crippen LogP contribution in [0.25, 0.3) is 0 Å². The van der Waals surface area contributed by atoms with Crippen LogP contribution in [-0.4, -0.2) is 30.1 Å². The third-order valence-electron chi connectivity index (χ3n) is 3.73. The topological polar surface area (TPSA) is 75.6 Å². The van der Waals surface area contributed by atoms with Crippen molar-refractivity contribution >= 4 is 11.9 Å². The average Bonchev–Trinajstić information content (AvgIpc) is 2.61. The number of aromatic carboxylic acids is 1. The molecule has 0 unspecified atom stereocenters. The van der Waals surface area contributed by atoms with Gasteiger partial charge in [-0.05, 0) is 48.2 Å². The van der Waals surface area contributed by atoms with E-state index in [1.165, 1.54) is 24.3 Å². The van der Waals surface area contributed by atoms with Gasteiger partial charge < -0.3 is 15.2 Å². The highest BCUT2D eigenvalue weighted by Crippen LogP contribution is 2.15. The minimum atomic E-state index is -2.85. The van der Waals surface area contributed by atoms with E-state index in [1.807, 2.05) is 0 Å². The number of hydrogen-bond acceptors (Lipinski definition) is 3. The van der Waals surface area contributed by atoms with Crippen LogP contribution in [0.3, 0.4) is 0 Å². The summed E-state index contributed by atoms with van der Waals surface area (Å²) in [6, 6.07) is 12.7. The largest absolute Gasteiger partial charge is 0.478 e. The van der Waals surface area contributed by atoms with Crippen LogP contribution in [-0.2, 0) is 17.6 Å². The number of carbonyl (C=O) groups is 2. The minimum Gasteiger partial charge on any atom is -0.478 e. The lowest BCUT2D eigenvalue weighted by Crippen LogP contribution is -2.25. The summed E-state index contributed by atoms with van der Waals surface area (Å²) in [6.07, 6.45) is 1.38. The number of carboxylic acid groups (broad SMARTS) is 1. The first kappa shape index (κ1) is 19.4. The van der Waals surface area contributed by atoms with Crippen LogP contribution >= 0.6 is 0 Å². The predicted molar refractivity (Wildman–Crippen MR) is 91.5 cm³/mol. The number of rotatable bonds is 9. The smallest absolute Gasteiger partial charge is 0.387 e. The molecule has 26 heavy (non-hydrogen) atoms. The van der Waals surface area contributed by atoms with Gasteiger partial charge in [0.1, 0.15) is 5.75 Å². The Morgan fingerprint density at radius 3 is 2.12 bits per heavy atom. The molecule has 0 bridgehead atoms. The molecule has 7 heteroatoms. The van der Waals surface area contributed by atoms with Gasteiger partial charge in [-0.25, -0.2) is 4.79 Å². The Hall–Kier alpha value is -2.96. The maximum Gasteiger partial charge on any atom is 0.387 e. The number of alkyl halides is 2. The van der Waals surface area contributed by atoms with E-state index in [0.717, 1.165) is 11.1 Å². The monoisotopic (exact) mass is 363 g/mol. The molecule has 0 aliphatic carbocycles. The van der Waals surface area contributed by atoms with E-state index < -0.39 is 12.6 Å². The Morgan fingerprint density at radius 2 is 1.54 bits per heavy atom. The summed E-state index contributed by atoms with van der Waals surface area (Å²) in [4.78, 5) is 22.6. The summed E-state index contributed by atoms with van der Waals surface area (Å²) >= 11 is 0. The molecule has 2 rings (SSSR count). The summed E-state index contributed by atoms with van der Waals surface area (Å²) in [5.74, 6) is -0.999. The Labute approximate surface area is 149 Å². The average molecular weight is 363 g/mol. The van der Waals surface area contributed by atoms with Crippen molar-refractivity contribution in [1.82, 2.24) is 5.32 Å². The van der Waals surface area contributed by atoms with Crippen molar-refractivity contribution in [2.45, 2.75) is 25.9 Å². The van der Waals surface area contributed by atoms with Gasteiger partial charge in [0.05, 0.1) is 5.56 Å². The SMILES string of the molecule is O=C(CCc1ccc(OC(F)F)cc1)NCCc1ccc(C(=O)O)cc1. The van der Waals surface area contributed by atoms with Gasteiger partial charge >= 0.3 is 12.6 Å². The molecule has 0 heterocycles. The number of nitrogens with one attached hydrogen (secondary N) is 1. The Morgan fingerprint density at radius 1 is 0.962 bits per heavy atom. The molecule has 0 atom stereocenters. The fraction of sp³-hybridized carbons (Fsp3) is 0.263. The zero-order valence-corrected chi connectivity index (χ0v) is 14.0. The van der Waals surface area contributed by atoms with Gasteiger partial charge in [0.15, 0.2) is 0 Å². The second-order valence-corrected chi connectivity index (χ2v) is 5.62. The van der Waals surface area contributed by atoms with Crippen LogP contribution in [0.1, 0.15) is 27.9 Å². The lowest BCUT2D eigenvalue weighted by molar-refractivity contribution is -0.121. The lowest BCUT2D eigenvalue weighted by atomic mass is 10.1. The molecule has 1 amide bonds. The highest BCUT2D eigenvalue weighted by Gasteiger charge is 2.06. The number of benzene rings is 2. The lowest BCUT2D eigenvalue weighted by Gasteiger charge is -2.07. The van der Waals surface area contributed by atoms with Crippen molar-refractivity contribution in [3.63, 3.8) is 0 Å². The van der Waals surface area contributed by atoms with Gasteiger partial charge in [-0.2, -0.15) is 8.78 Å². The number of carbonyl (C=O) groups excluding carboxylic acids is 1. The summed E-state index contributed by atoms with van der Waals surface area (Å²) in [7, 11) is 0. The standard InChI is InChI=1S/C19H19F2NO4/c20-19(21)26-16-8-3-13(4-9-16)5-10-17(23)22-12-11-14-1-6-15(7-2-14)18(24)25/h1-4,6-9,19H,5,10-12H2,(H,22,23)(H,24,25). The van der Waals surface area contributed by atoms with Crippen molar-refractivity contribution in [2.24, 2.45) is 0 Å². The third-order valence-corrected chi connectivity index (χ3v) is 3.73. The van der Waals surface area contributed by atoms with Crippen molar-refractivity contribution in [3.05, 3.63) is 65.2 Å². The molecule has 2 aromatic carbocycles. The van der Waals surface area contributed by atoms with Crippen molar-refractivity contribution in [3.8, 4) is 5.75 Å². The van der Waals surface area contributed by atoms with Crippen LogP contribution in [0.4, 0.5) is 8.78 Å². The fourth-order valence-electron chi connectivity index (χ4n) is 2.34. The van der Waals surface area contributed by atoms with Gasteiger partial charge in [0.25, 0.3) is 0 Å². The minimum absolute atomic E-state index is 0.0853. The van der Waals surface area contributed by atoms with E-state index >= 15 is 0 Å². The van der Waals surface area contributed by atoms with Crippen molar-refractivity contribution in [1.29, 1.82) is 0 Å². The number of carboxylic acids is 1. The quantitative estimate of drug-likeness (QED) is 0.717. The van der Waals surface area contributed by atoms with Gasteiger partial charge in [-0.15, -0.1) is 0 Å². The predicted octanol–water partition coefficient (Wildman–Crippen LogP) is 3.28. The summed E-state index contributed by atoms with van der Waals surface area (Å²) in [5, 5.41) is 11.6. The first-order valence-corrected chi connectivity index (χ1v) is 8.07. The summed E-state index contributed by atoms with van der Waals surface area (Å²) in [5.41, 5.74) is 2.01. The van der Waals surface area contributed by atoms with Crippen molar-refractivity contribution < 1.29 is 28.2 Å². The molecule has 0 aromatic heterocycles. The number of amides is 1. The first-order chi connectivity index (χ1) is 12.4. The highest BCUT2D eigenvalue weighted by atomic mass is 19.3.